The van der Waals surface area contributed by atoms with Crippen LogP contribution >= 0.6 is 11.6 Å². The molecule has 0 spiro atoms. The van der Waals surface area contributed by atoms with Crippen molar-refractivity contribution in [2.45, 2.75) is 18.4 Å². The van der Waals surface area contributed by atoms with Crippen molar-refractivity contribution in [2.24, 2.45) is 5.14 Å². The van der Waals surface area contributed by atoms with Crippen LogP contribution in [-0.2, 0) is 16.6 Å². The predicted octanol–water partition coefficient (Wildman–Crippen LogP) is 2.91. The third kappa shape index (κ3) is 3.72. The molecule has 0 amide bonds. The molecule has 0 bridgehead atoms. The van der Waals surface area contributed by atoms with Crippen LogP contribution in [0, 0.1) is 6.92 Å². The van der Waals surface area contributed by atoms with Gasteiger partial charge in [-0.3, -0.25) is 0 Å². The van der Waals surface area contributed by atoms with Crippen molar-refractivity contribution in [3.63, 3.8) is 0 Å². The normalized spacial score (nSPS) is 11.3. The average Bonchev–Trinajstić information content (AvgIpc) is 2.38. The summed E-state index contributed by atoms with van der Waals surface area (Å²) < 4.78 is 22.9. The molecule has 6 heteroatoms. The van der Waals surface area contributed by atoms with Gasteiger partial charge >= 0.3 is 0 Å². The first-order valence-corrected chi connectivity index (χ1v) is 7.90. The zero-order chi connectivity index (χ0) is 14.8. The number of anilines is 1. The van der Waals surface area contributed by atoms with Crippen LogP contribution in [0.2, 0.25) is 5.02 Å². The fraction of sp³-hybridized carbons (Fsp3) is 0.143. The molecule has 0 unspecified atom stereocenters. The van der Waals surface area contributed by atoms with Gasteiger partial charge in [-0.05, 0) is 42.3 Å². The maximum absolute atomic E-state index is 11.5. The summed E-state index contributed by atoms with van der Waals surface area (Å²) in [4.78, 5) is 0.138. The maximum atomic E-state index is 11.5. The summed E-state index contributed by atoms with van der Waals surface area (Å²) in [6.45, 7) is 2.28. The largest absolute Gasteiger partial charge is 0.381 e. The van der Waals surface area contributed by atoms with Crippen LogP contribution in [-0.4, -0.2) is 8.42 Å². The van der Waals surface area contributed by atoms with Crippen LogP contribution in [0.3, 0.4) is 0 Å². The Bertz CT molecular complexity index is 712. The number of aryl methyl sites for hydroxylation is 1. The fourth-order valence-corrected chi connectivity index (χ4v) is 2.76. The summed E-state index contributed by atoms with van der Waals surface area (Å²) in [7, 11) is -3.70. The Hall–Kier alpha value is -1.56. The minimum atomic E-state index is -3.70. The molecule has 2 aromatic rings. The van der Waals surface area contributed by atoms with Crippen molar-refractivity contribution in [1.29, 1.82) is 0 Å². The van der Waals surface area contributed by atoms with E-state index in [1.54, 1.807) is 19.1 Å². The van der Waals surface area contributed by atoms with Gasteiger partial charge in [-0.2, -0.15) is 0 Å². The lowest BCUT2D eigenvalue weighted by molar-refractivity contribution is 0.597. The van der Waals surface area contributed by atoms with Crippen LogP contribution in [0.15, 0.2) is 47.4 Å². The summed E-state index contributed by atoms with van der Waals surface area (Å²) in [6.07, 6.45) is 0. The summed E-state index contributed by atoms with van der Waals surface area (Å²) in [5.41, 5.74) is 2.38. The van der Waals surface area contributed by atoms with Gasteiger partial charge in [0.05, 0.1) is 4.90 Å². The minimum Gasteiger partial charge on any atom is -0.381 e. The van der Waals surface area contributed by atoms with E-state index in [4.69, 9.17) is 16.7 Å². The molecular formula is C14H15ClN2O2S. The van der Waals surface area contributed by atoms with Gasteiger partial charge in [0.25, 0.3) is 0 Å². The molecule has 20 heavy (non-hydrogen) atoms. The molecule has 4 nitrogen and oxygen atoms in total. The van der Waals surface area contributed by atoms with E-state index in [1.165, 1.54) is 0 Å². The maximum Gasteiger partial charge on any atom is 0.238 e. The molecular weight excluding hydrogens is 296 g/mol. The SMILES string of the molecule is Cc1ccc(NCc2ccc(Cl)cc2)cc1S(N)(=O)=O. The Labute approximate surface area is 123 Å². The standard InChI is InChI=1S/C14H15ClN2O2S/c1-10-2-7-13(8-14(10)20(16,18)19)17-9-11-3-5-12(15)6-4-11/h2-8,17H,9H2,1H3,(H2,16,18,19). The quantitative estimate of drug-likeness (QED) is 0.912. The molecule has 0 saturated carbocycles. The van der Waals surface area contributed by atoms with Gasteiger partial charge < -0.3 is 5.32 Å². The van der Waals surface area contributed by atoms with Crippen LogP contribution < -0.4 is 10.5 Å². The average molecular weight is 311 g/mol. The molecule has 106 valence electrons. The summed E-state index contributed by atoms with van der Waals surface area (Å²) in [5.74, 6) is 0. The summed E-state index contributed by atoms with van der Waals surface area (Å²) >= 11 is 5.82. The topological polar surface area (TPSA) is 72.2 Å². The molecule has 0 aliphatic carbocycles. The van der Waals surface area contributed by atoms with Gasteiger partial charge in [0.15, 0.2) is 0 Å². The van der Waals surface area contributed by atoms with E-state index in [1.807, 2.05) is 30.3 Å². The monoisotopic (exact) mass is 310 g/mol. The van der Waals surface area contributed by atoms with E-state index in [2.05, 4.69) is 5.32 Å². The molecule has 0 aliphatic rings. The number of hydrogen-bond donors (Lipinski definition) is 2. The van der Waals surface area contributed by atoms with E-state index in [9.17, 15) is 8.42 Å². The van der Waals surface area contributed by atoms with Crippen molar-refractivity contribution in [1.82, 2.24) is 0 Å². The van der Waals surface area contributed by atoms with E-state index in [-0.39, 0.29) is 4.90 Å². The minimum absolute atomic E-state index is 0.138. The zero-order valence-electron chi connectivity index (χ0n) is 10.9. The molecule has 0 aromatic heterocycles. The number of hydrogen-bond acceptors (Lipinski definition) is 3. The third-order valence-electron chi connectivity index (χ3n) is 2.90. The van der Waals surface area contributed by atoms with Crippen LogP contribution in [0.1, 0.15) is 11.1 Å². The lowest BCUT2D eigenvalue weighted by atomic mass is 10.2. The van der Waals surface area contributed by atoms with E-state index in [0.717, 1.165) is 5.56 Å². The first-order valence-electron chi connectivity index (χ1n) is 5.98. The fourth-order valence-electron chi connectivity index (χ4n) is 1.82. The van der Waals surface area contributed by atoms with Crippen LogP contribution in [0.4, 0.5) is 5.69 Å². The second kappa shape index (κ2) is 5.83. The Morgan fingerprint density at radius 1 is 1.15 bits per heavy atom. The van der Waals surface area contributed by atoms with Crippen molar-refractivity contribution < 1.29 is 8.42 Å². The van der Waals surface area contributed by atoms with Gasteiger partial charge in [0, 0.05) is 17.3 Å². The van der Waals surface area contributed by atoms with Crippen molar-refractivity contribution >= 4 is 27.3 Å². The molecule has 0 radical (unpaired) electrons. The Morgan fingerprint density at radius 2 is 1.80 bits per heavy atom. The number of halogens is 1. The third-order valence-corrected chi connectivity index (χ3v) is 4.21. The predicted molar refractivity (Wildman–Crippen MR) is 81.3 cm³/mol. The Morgan fingerprint density at radius 3 is 2.40 bits per heavy atom. The molecule has 0 fully saturated rings. The van der Waals surface area contributed by atoms with Crippen molar-refractivity contribution in [3.05, 3.63) is 58.6 Å². The second-order valence-electron chi connectivity index (χ2n) is 4.51. The lowest BCUT2D eigenvalue weighted by Crippen LogP contribution is -2.14. The number of nitrogens with two attached hydrogens (primary N) is 1. The van der Waals surface area contributed by atoms with Gasteiger partial charge in [0.2, 0.25) is 10.0 Å². The van der Waals surface area contributed by atoms with Crippen molar-refractivity contribution in [3.8, 4) is 0 Å². The van der Waals surface area contributed by atoms with E-state index < -0.39 is 10.0 Å². The first-order chi connectivity index (χ1) is 9.36. The summed E-state index contributed by atoms with van der Waals surface area (Å²) in [5, 5.41) is 9.02. The molecule has 3 N–H and O–H groups in total. The number of rotatable bonds is 4. The Kier molecular flexibility index (Phi) is 4.32. The highest BCUT2D eigenvalue weighted by molar-refractivity contribution is 7.89. The van der Waals surface area contributed by atoms with Crippen molar-refractivity contribution in [2.75, 3.05) is 5.32 Å². The van der Waals surface area contributed by atoms with Gasteiger partial charge in [0.1, 0.15) is 0 Å². The highest BCUT2D eigenvalue weighted by Crippen LogP contribution is 2.19. The molecule has 0 heterocycles. The Balaban J connectivity index is 2.16. The smallest absolute Gasteiger partial charge is 0.238 e. The van der Waals surface area contributed by atoms with Crippen LogP contribution in [0.5, 0.6) is 0 Å². The highest BCUT2D eigenvalue weighted by atomic mass is 35.5. The number of nitrogens with one attached hydrogen (secondary N) is 1. The molecule has 0 saturated heterocycles. The summed E-state index contributed by atoms with van der Waals surface area (Å²) in [6, 6.07) is 12.5. The molecule has 2 aromatic carbocycles. The number of sulfonamides is 1. The highest BCUT2D eigenvalue weighted by Gasteiger charge is 2.11. The van der Waals surface area contributed by atoms with Gasteiger partial charge in [-0.25, -0.2) is 13.6 Å². The molecule has 0 aliphatic heterocycles. The molecule has 2 rings (SSSR count). The lowest BCUT2D eigenvalue weighted by Gasteiger charge is -2.10. The number of benzene rings is 2. The molecule has 0 atom stereocenters. The van der Waals surface area contributed by atoms with E-state index in [0.29, 0.717) is 22.8 Å². The first kappa shape index (κ1) is 14.8. The van der Waals surface area contributed by atoms with Crippen LogP contribution in [0.25, 0.3) is 0 Å². The zero-order valence-corrected chi connectivity index (χ0v) is 12.5. The van der Waals surface area contributed by atoms with Gasteiger partial charge in [-0.1, -0.05) is 29.8 Å². The number of primary sulfonamides is 1. The van der Waals surface area contributed by atoms with Gasteiger partial charge in [-0.15, -0.1) is 0 Å². The second-order valence-corrected chi connectivity index (χ2v) is 6.47. The van der Waals surface area contributed by atoms with E-state index >= 15 is 0 Å².